The number of benzene rings is 2. The van der Waals surface area contributed by atoms with Crippen molar-refractivity contribution in [2.45, 2.75) is 20.4 Å². The molecule has 0 aliphatic rings. The monoisotopic (exact) mass is 270 g/mol. The second kappa shape index (κ2) is 6.33. The minimum Gasteiger partial charge on any atom is -0.496 e. The summed E-state index contributed by atoms with van der Waals surface area (Å²) >= 11 is 0. The van der Waals surface area contributed by atoms with Crippen LogP contribution in [0.2, 0.25) is 0 Å². The van der Waals surface area contributed by atoms with E-state index in [-0.39, 0.29) is 0 Å². The summed E-state index contributed by atoms with van der Waals surface area (Å²) in [5.41, 5.74) is 10.3. The number of para-hydroxylation sites is 1. The van der Waals surface area contributed by atoms with Gasteiger partial charge in [-0.2, -0.15) is 0 Å². The van der Waals surface area contributed by atoms with Gasteiger partial charge in [-0.15, -0.1) is 0 Å². The van der Waals surface area contributed by atoms with Crippen LogP contribution in [0.5, 0.6) is 5.75 Å². The van der Waals surface area contributed by atoms with Crippen molar-refractivity contribution in [2.24, 2.45) is 0 Å². The molecule has 2 rings (SSSR count). The van der Waals surface area contributed by atoms with E-state index in [0.29, 0.717) is 0 Å². The molecule has 0 saturated heterocycles. The first-order valence-corrected chi connectivity index (χ1v) is 6.88. The highest BCUT2D eigenvalue weighted by Gasteiger charge is 2.11. The molecule has 0 saturated carbocycles. The maximum absolute atomic E-state index is 5.89. The number of hydrogen-bond donors (Lipinski definition) is 1. The lowest BCUT2D eigenvalue weighted by molar-refractivity contribution is 0.409. The molecule has 0 radical (unpaired) electrons. The Morgan fingerprint density at radius 3 is 2.55 bits per heavy atom. The van der Waals surface area contributed by atoms with Gasteiger partial charge in [-0.1, -0.05) is 18.2 Å². The number of nitrogen functional groups attached to an aromatic ring is 1. The molecule has 20 heavy (non-hydrogen) atoms. The van der Waals surface area contributed by atoms with Crippen molar-refractivity contribution < 1.29 is 4.74 Å². The van der Waals surface area contributed by atoms with E-state index >= 15 is 0 Å². The third kappa shape index (κ3) is 3.05. The Labute approximate surface area is 121 Å². The topological polar surface area (TPSA) is 38.5 Å². The highest BCUT2D eigenvalue weighted by molar-refractivity contribution is 5.55. The van der Waals surface area contributed by atoms with Gasteiger partial charge in [0, 0.05) is 30.0 Å². The first-order chi connectivity index (χ1) is 9.65. The number of ether oxygens (including phenoxy) is 1. The summed E-state index contributed by atoms with van der Waals surface area (Å²) in [6.45, 7) is 6.01. The van der Waals surface area contributed by atoms with Crippen LogP contribution in [0.25, 0.3) is 0 Å². The Balaban J connectivity index is 2.31. The predicted octanol–water partition coefficient (Wildman–Crippen LogP) is 3.61. The van der Waals surface area contributed by atoms with E-state index in [1.807, 2.05) is 18.2 Å². The van der Waals surface area contributed by atoms with E-state index in [4.69, 9.17) is 10.5 Å². The molecular formula is C17H22N2O. The van der Waals surface area contributed by atoms with Crippen molar-refractivity contribution in [2.75, 3.05) is 24.3 Å². The van der Waals surface area contributed by atoms with Gasteiger partial charge in [0.1, 0.15) is 5.75 Å². The van der Waals surface area contributed by atoms with E-state index in [1.165, 1.54) is 11.3 Å². The number of anilines is 2. The molecule has 0 aliphatic heterocycles. The molecule has 3 heteroatoms. The van der Waals surface area contributed by atoms with Crippen molar-refractivity contribution in [3.8, 4) is 5.75 Å². The Morgan fingerprint density at radius 2 is 1.90 bits per heavy atom. The summed E-state index contributed by atoms with van der Waals surface area (Å²) < 4.78 is 5.43. The SMILES string of the molecule is CCN(Cc1cc(N)ccc1OC)c1ccccc1C. The van der Waals surface area contributed by atoms with Crippen LogP contribution in [0.1, 0.15) is 18.1 Å². The molecule has 0 atom stereocenters. The number of aryl methyl sites for hydroxylation is 1. The second-order valence-corrected chi connectivity index (χ2v) is 4.87. The minimum atomic E-state index is 0.765. The Hall–Kier alpha value is -2.16. The lowest BCUT2D eigenvalue weighted by atomic mass is 10.1. The summed E-state index contributed by atoms with van der Waals surface area (Å²) in [7, 11) is 1.69. The van der Waals surface area contributed by atoms with Crippen LogP contribution < -0.4 is 15.4 Å². The smallest absolute Gasteiger partial charge is 0.123 e. The van der Waals surface area contributed by atoms with E-state index in [9.17, 15) is 0 Å². The van der Waals surface area contributed by atoms with Gasteiger partial charge in [0.2, 0.25) is 0 Å². The van der Waals surface area contributed by atoms with Gasteiger partial charge in [-0.25, -0.2) is 0 Å². The number of nitrogens with zero attached hydrogens (tertiary/aromatic N) is 1. The van der Waals surface area contributed by atoms with Crippen molar-refractivity contribution >= 4 is 11.4 Å². The molecular weight excluding hydrogens is 248 g/mol. The predicted molar refractivity (Wildman–Crippen MR) is 85.3 cm³/mol. The van der Waals surface area contributed by atoms with Crippen LogP contribution in [-0.4, -0.2) is 13.7 Å². The van der Waals surface area contributed by atoms with Crippen molar-refractivity contribution in [3.05, 3.63) is 53.6 Å². The van der Waals surface area contributed by atoms with Crippen LogP contribution in [0, 0.1) is 6.92 Å². The van der Waals surface area contributed by atoms with E-state index < -0.39 is 0 Å². The van der Waals surface area contributed by atoms with Gasteiger partial charge in [-0.3, -0.25) is 0 Å². The summed E-state index contributed by atoms with van der Waals surface area (Å²) in [5, 5.41) is 0. The van der Waals surface area contributed by atoms with Gasteiger partial charge in [0.05, 0.1) is 7.11 Å². The fourth-order valence-electron chi connectivity index (χ4n) is 2.41. The second-order valence-electron chi connectivity index (χ2n) is 4.87. The fraction of sp³-hybridized carbons (Fsp3) is 0.294. The highest BCUT2D eigenvalue weighted by atomic mass is 16.5. The third-order valence-corrected chi connectivity index (χ3v) is 3.50. The maximum atomic E-state index is 5.89. The Morgan fingerprint density at radius 1 is 1.15 bits per heavy atom. The Bertz CT molecular complexity index is 581. The first-order valence-electron chi connectivity index (χ1n) is 6.88. The van der Waals surface area contributed by atoms with Gasteiger partial charge < -0.3 is 15.4 Å². The highest BCUT2D eigenvalue weighted by Crippen LogP contribution is 2.26. The normalized spacial score (nSPS) is 10.3. The average molecular weight is 270 g/mol. The van der Waals surface area contributed by atoms with E-state index in [0.717, 1.165) is 30.1 Å². The van der Waals surface area contributed by atoms with Crippen molar-refractivity contribution in [3.63, 3.8) is 0 Å². The lowest BCUT2D eigenvalue weighted by Gasteiger charge is -2.26. The maximum Gasteiger partial charge on any atom is 0.123 e. The average Bonchev–Trinajstić information content (AvgIpc) is 2.46. The molecule has 0 unspecified atom stereocenters. The molecule has 0 fully saturated rings. The molecule has 2 aromatic rings. The van der Waals surface area contributed by atoms with Gasteiger partial charge in [-0.05, 0) is 43.7 Å². The molecule has 0 amide bonds. The molecule has 0 heterocycles. The number of nitrogens with two attached hydrogens (primary N) is 1. The van der Waals surface area contributed by atoms with Crippen LogP contribution in [-0.2, 0) is 6.54 Å². The number of methoxy groups -OCH3 is 1. The summed E-state index contributed by atoms with van der Waals surface area (Å²) in [4.78, 5) is 2.33. The zero-order valence-corrected chi connectivity index (χ0v) is 12.4. The summed E-state index contributed by atoms with van der Waals surface area (Å²) in [6, 6.07) is 14.2. The molecule has 3 nitrogen and oxygen atoms in total. The molecule has 2 N–H and O–H groups in total. The molecule has 0 spiro atoms. The largest absolute Gasteiger partial charge is 0.496 e. The molecule has 0 aliphatic carbocycles. The van der Waals surface area contributed by atoms with Gasteiger partial charge >= 0.3 is 0 Å². The molecule has 0 aromatic heterocycles. The van der Waals surface area contributed by atoms with Crippen molar-refractivity contribution in [1.29, 1.82) is 0 Å². The molecule has 0 bridgehead atoms. The van der Waals surface area contributed by atoms with Crippen LogP contribution in [0.3, 0.4) is 0 Å². The molecule has 2 aromatic carbocycles. The van der Waals surface area contributed by atoms with E-state index in [1.54, 1.807) is 7.11 Å². The van der Waals surface area contributed by atoms with Crippen LogP contribution >= 0.6 is 0 Å². The van der Waals surface area contributed by atoms with Gasteiger partial charge in [0.25, 0.3) is 0 Å². The molecule has 106 valence electrons. The van der Waals surface area contributed by atoms with Gasteiger partial charge in [0.15, 0.2) is 0 Å². The number of rotatable bonds is 5. The quantitative estimate of drug-likeness (QED) is 0.843. The van der Waals surface area contributed by atoms with Crippen molar-refractivity contribution in [1.82, 2.24) is 0 Å². The van der Waals surface area contributed by atoms with Crippen LogP contribution in [0.4, 0.5) is 11.4 Å². The number of hydrogen-bond acceptors (Lipinski definition) is 3. The zero-order valence-electron chi connectivity index (χ0n) is 12.4. The van der Waals surface area contributed by atoms with Crippen LogP contribution in [0.15, 0.2) is 42.5 Å². The minimum absolute atomic E-state index is 0.765. The Kier molecular flexibility index (Phi) is 4.51. The summed E-state index contributed by atoms with van der Waals surface area (Å²) in [6.07, 6.45) is 0. The lowest BCUT2D eigenvalue weighted by Crippen LogP contribution is -2.23. The fourth-order valence-corrected chi connectivity index (χ4v) is 2.41. The summed E-state index contributed by atoms with van der Waals surface area (Å²) in [5.74, 6) is 0.881. The zero-order chi connectivity index (χ0) is 14.5. The first kappa shape index (κ1) is 14.3. The third-order valence-electron chi connectivity index (χ3n) is 3.50. The van der Waals surface area contributed by atoms with E-state index in [2.05, 4.69) is 43.0 Å². The standard InChI is InChI=1S/C17H22N2O/c1-4-19(16-8-6-5-7-13(16)2)12-14-11-15(18)9-10-17(14)20-3/h5-11H,4,12,18H2,1-3H3.